The molecule has 0 radical (unpaired) electrons. The van der Waals surface area contributed by atoms with Crippen molar-refractivity contribution in [2.45, 2.75) is 6.92 Å². The molecular formula is C12H9BrINO. The lowest BCUT2D eigenvalue weighted by atomic mass is 10.3. The van der Waals surface area contributed by atoms with Gasteiger partial charge in [-0.3, -0.25) is 0 Å². The molecule has 0 saturated carbocycles. The monoisotopic (exact) mass is 389 g/mol. The summed E-state index contributed by atoms with van der Waals surface area (Å²) in [5.74, 6) is 1.41. The quantitative estimate of drug-likeness (QED) is 0.703. The Morgan fingerprint density at radius 1 is 1.12 bits per heavy atom. The van der Waals surface area contributed by atoms with E-state index in [-0.39, 0.29) is 0 Å². The average Bonchev–Trinajstić information content (AvgIpc) is 2.27. The highest BCUT2D eigenvalue weighted by Crippen LogP contribution is 2.23. The van der Waals surface area contributed by atoms with E-state index in [2.05, 4.69) is 43.5 Å². The number of benzene rings is 1. The first-order valence-electron chi connectivity index (χ1n) is 4.72. The van der Waals surface area contributed by atoms with Gasteiger partial charge >= 0.3 is 0 Å². The van der Waals surface area contributed by atoms with E-state index < -0.39 is 0 Å². The Morgan fingerprint density at radius 2 is 1.81 bits per heavy atom. The summed E-state index contributed by atoms with van der Waals surface area (Å²) in [5, 5.41) is 0. The number of hydrogen-bond acceptors (Lipinski definition) is 2. The number of pyridine rings is 1. The summed E-state index contributed by atoms with van der Waals surface area (Å²) in [4.78, 5) is 4.32. The van der Waals surface area contributed by atoms with Gasteiger partial charge in [-0.05, 0) is 75.8 Å². The second-order valence-electron chi connectivity index (χ2n) is 3.27. The van der Waals surface area contributed by atoms with Crippen LogP contribution in [0.4, 0.5) is 0 Å². The maximum Gasteiger partial charge on any atom is 0.219 e. The average molecular weight is 390 g/mol. The normalized spacial score (nSPS) is 10.2. The van der Waals surface area contributed by atoms with Crippen LogP contribution < -0.4 is 4.74 Å². The number of hydrogen-bond donors (Lipinski definition) is 0. The Bertz CT molecular complexity index is 499. The van der Waals surface area contributed by atoms with Gasteiger partial charge in [0.2, 0.25) is 5.88 Å². The van der Waals surface area contributed by atoms with Crippen LogP contribution in [0.2, 0.25) is 0 Å². The predicted octanol–water partition coefficient (Wildman–Crippen LogP) is 4.55. The van der Waals surface area contributed by atoms with Crippen LogP contribution in [0.25, 0.3) is 0 Å². The molecule has 0 N–H and O–H groups in total. The molecule has 1 aromatic carbocycles. The maximum absolute atomic E-state index is 5.63. The molecular weight excluding hydrogens is 381 g/mol. The molecule has 0 unspecified atom stereocenters. The highest BCUT2D eigenvalue weighted by Gasteiger charge is 2.01. The lowest BCUT2D eigenvalue weighted by Gasteiger charge is -2.06. The molecule has 82 valence electrons. The number of halogens is 2. The van der Waals surface area contributed by atoms with Gasteiger partial charge in [0.15, 0.2) is 0 Å². The van der Waals surface area contributed by atoms with Gasteiger partial charge in [0.1, 0.15) is 5.75 Å². The van der Waals surface area contributed by atoms with E-state index in [1.165, 1.54) is 3.57 Å². The number of nitrogens with zero attached hydrogens (tertiary/aromatic N) is 1. The topological polar surface area (TPSA) is 22.1 Å². The molecule has 0 saturated heterocycles. The van der Waals surface area contributed by atoms with Gasteiger partial charge in [-0.25, -0.2) is 4.98 Å². The van der Waals surface area contributed by atoms with Crippen LogP contribution in [-0.4, -0.2) is 4.98 Å². The Morgan fingerprint density at radius 3 is 2.44 bits per heavy atom. The van der Waals surface area contributed by atoms with E-state index in [9.17, 15) is 0 Å². The smallest absolute Gasteiger partial charge is 0.219 e. The molecule has 0 spiro atoms. The van der Waals surface area contributed by atoms with Gasteiger partial charge in [-0.2, -0.15) is 0 Å². The second kappa shape index (κ2) is 5.14. The summed E-state index contributed by atoms with van der Waals surface area (Å²) in [6.07, 6.45) is 0. The molecule has 0 fully saturated rings. The van der Waals surface area contributed by atoms with Gasteiger partial charge < -0.3 is 4.74 Å². The lowest BCUT2D eigenvalue weighted by molar-refractivity contribution is 0.461. The van der Waals surface area contributed by atoms with Crippen molar-refractivity contribution in [2.24, 2.45) is 0 Å². The third-order valence-electron chi connectivity index (χ3n) is 2.03. The fraction of sp³-hybridized carbons (Fsp3) is 0.0833. The van der Waals surface area contributed by atoms with Gasteiger partial charge in [-0.1, -0.05) is 0 Å². The number of ether oxygens (including phenoxy) is 1. The zero-order chi connectivity index (χ0) is 11.5. The first kappa shape index (κ1) is 11.9. The zero-order valence-electron chi connectivity index (χ0n) is 8.58. The maximum atomic E-state index is 5.63. The first-order chi connectivity index (χ1) is 7.65. The van der Waals surface area contributed by atoms with Gasteiger partial charge in [-0.15, -0.1) is 0 Å². The van der Waals surface area contributed by atoms with Crippen LogP contribution >= 0.6 is 38.5 Å². The number of aryl methyl sites for hydroxylation is 1. The fourth-order valence-electron chi connectivity index (χ4n) is 1.20. The number of aromatic nitrogens is 1. The summed E-state index contributed by atoms with van der Waals surface area (Å²) < 4.78 is 7.81. The van der Waals surface area contributed by atoms with Crippen LogP contribution in [0.1, 0.15) is 5.69 Å². The number of rotatable bonds is 2. The van der Waals surface area contributed by atoms with Crippen molar-refractivity contribution in [1.82, 2.24) is 4.98 Å². The molecule has 0 aliphatic heterocycles. The Kier molecular flexibility index (Phi) is 3.81. The minimum Gasteiger partial charge on any atom is -0.439 e. The largest absolute Gasteiger partial charge is 0.439 e. The lowest BCUT2D eigenvalue weighted by Crippen LogP contribution is -1.90. The molecule has 0 aliphatic carbocycles. The minimum atomic E-state index is 0.613. The van der Waals surface area contributed by atoms with Crippen molar-refractivity contribution in [3.05, 3.63) is 50.1 Å². The molecule has 1 heterocycles. The standard InChI is InChI=1S/C12H9BrINO/c1-8-11(13)6-7-12(15-8)16-10-4-2-9(14)3-5-10/h2-7H,1H3. The van der Waals surface area contributed by atoms with Crippen molar-refractivity contribution in [2.75, 3.05) is 0 Å². The van der Waals surface area contributed by atoms with Crippen molar-refractivity contribution in [3.63, 3.8) is 0 Å². The van der Waals surface area contributed by atoms with Crippen LogP contribution in [0.15, 0.2) is 40.9 Å². The molecule has 0 bridgehead atoms. The molecule has 2 aromatic rings. The molecule has 2 nitrogen and oxygen atoms in total. The van der Waals surface area contributed by atoms with Crippen molar-refractivity contribution < 1.29 is 4.74 Å². The zero-order valence-corrected chi connectivity index (χ0v) is 12.3. The van der Waals surface area contributed by atoms with E-state index in [1.54, 1.807) is 0 Å². The van der Waals surface area contributed by atoms with Crippen LogP contribution in [0.5, 0.6) is 11.6 Å². The van der Waals surface area contributed by atoms with Crippen LogP contribution in [0.3, 0.4) is 0 Å². The van der Waals surface area contributed by atoms with Crippen molar-refractivity contribution in [3.8, 4) is 11.6 Å². The summed E-state index contributed by atoms with van der Waals surface area (Å²) >= 11 is 5.67. The fourth-order valence-corrected chi connectivity index (χ4v) is 1.78. The summed E-state index contributed by atoms with van der Waals surface area (Å²) in [6, 6.07) is 11.6. The first-order valence-corrected chi connectivity index (χ1v) is 6.59. The molecule has 2 rings (SSSR count). The summed E-state index contributed by atoms with van der Waals surface area (Å²) in [5.41, 5.74) is 0.919. The Hall–Kier alpha value is -0.620. The van der Waals surface area contributed by atoms with Crippen LogP contribution in [-0.2, 0) is 0 Å². The summed E-state index contributed by atoms with van der Waals surface area (Å²) in [7, 11) is 0. The van der Waals surface area contributed by atoms with Crippen molar-refractivity contribution in [1.29, 1.82) is 0 Å². The van der Waals surface area contributed by atoms with Gasteiger partial charge in [0.05, 0.1) is 5.69 Å². The molecule has 0 aliphatic rings. The van der Waals surface area contributed by atoms with E-state index >= 15 is 0 Å². The van der Waals surface area contributed by atoms with Gasteiger partial charge in [0, 0.05) is 14.1 Å². The van der Waals surface area contributed by atoms with E-state index in [4.69, 9.17) is 4.74 Å². The highest BCUT2D eigenvalue weighted by atomic mass is 127. The van der Waals surface area contributed by atoms with E-state index in [1.807, 2.05) is 43.3 Å². The molecule has 1 aromatic heterocycles. The van der Waals surface area contributed by atoms with Crippen molar-refractivity contribution >= 4 is 38.5 Å². The second-order valence-corrected chi connectivity index (χ2v) is 5.37. The molecule has 4 heteroatoms. The Labute approximate surface area is 116 Å². The molecule has 0 atom stereocenters. The predicted molar refractivity (Wildman–Crippen MR) is 75.9 cm³/mol. The van der Waals surface area contributed by atoms with E-state index in [0.717, 1.165) is 15.9 Å². The third-order valence-corrected chi connectivity index (χ3v) is 3.59. The third kappa shape index (κ3) is 2.95. The minimum absolute atomic E-state index is 0.613. The SMILES string of the molecule is Cc1nc(Oc2ccc(I)cc2)ccc1Br. The molecule has 16 heavy (non-hydrogen) atoms. The Balaban J connectivity index is 2.20. The molecule has 0 amide bonds. The van der Waals surface area contributed by atoms with Gasteiger partial charge in [0.25, 0.3) is 0 Å². The van der Waals surface area contributed by atoms with E-state index in [0.29, 0.717) is 5.88 Å². The highest BCUT2D eigenvalue weighted by molar-refractivity contribution is 14.1. The van der Waals surface area contributed by atoms with Crippen LogP contribution in [0, 0.1) is 10.5 Å². The summed E-state index contributed by atoms with van der Waals surface area (Å²) in [6.45, 7) is 1.94.